The Bertz CT molecular complexity index is 1040. The third kappa shape index (κ3) is 5.13. The Morgan fingerprint density at radius 3 is 2.12 bits per heavy atom. The van der Waals surface area contributed by atoms with Crippen LogP contribution in [0.5, 0.6) is 0 Å². The van der Waals surface area contributed by atoms with Crippen LogP contribution in [0.2, 0.25) is 0 Å². The van der Waals surface area contributed by atoms with Crippen molar-refractivity contribution < 1.29 is 0 Å². The summed E-state index contributed by atoms with van der Waals surface area (Å²) in [4.78, 5) is 3.97. The Balaban J connectivity index is 1.72. The van der Waals surface area contributed by atoms with Crippen molar-refractivity contribution in [2.24, 2.45) is 0 Å². The smallest absolute Gasteiger partial charge is 0.0534 e. The molecule has 1 aliphatic rings. The second-order valence-corrected chi connectivity index (χ2v) is 15.1. The van der Waals surface area contributed by atoms with Gasteiger partial charge in [0.2, 0.25) is 0 Å². The second-order valence-electron chi connectivity index (χ2n) is 9.90. The summed E-state index contributed by atoms with van der Waals surface area (Å²) in [5, 5.41) is 0. The summed E-state index contributed by atoms with van der Waals surface area (Å²) < 4.78 is 2.46. The molecule has 1 aromatic heterocycles. The number of rotatable bonds is 6. The van der Waals surface area contributed by atoms with Crippen LogP contribution >= 0.6 is 21.8 Å². The van der Waals surface area contributed by atoms with Crippen molar-refractivity contribution in [1.82, 2.24) is 9.47 Å². The highest BCUT2D eigenvalue weighted by Gasteiger charge is 2.23. The van der Waals surface area contributed by atoms with Gasteiger partial charge in [-0.05, 0) is 90.1 Å². The highest BCUT2D eigenvalue weighted by molar-refractivity contribution is 8.32. The molecule has 0 spiro atoms. The SMILES string of the molecule is CSc1ccc(-c2cc(CN3CCS(C)(C)CC3)c(C)n2-c2ccc(C(C)C)cc2)cc1. The van der Waals surface area contributed by atoms with Crippen molar-refractivity contribution >= 4 is 21.8 Å². The first-order chi connectivity index (χ1) is 15.3. The van der Waals surface area contributed by atoms with Crippen molar-refractivity contribution in [3.05, 3.63) is 71.4 Å². The van der Waals surface area contributed by atoms with E-state index in [0.717, 1.165) is 6.54 Å². The molecule has 0 bridgehead atoms. The van der Waals surface area contributed by atoms with Crippen LogP contribution < -0.4 is 0 Å². The lowest BCUT2D eigenvalue weighted by Crippen LogP contribution is -2.37. The standard InChI is InChI=1S/C28H38N2S2/c1-21(2)23-7-11-26(12-8-23)30-22(3)25(20-29-15-17-32(5,6)18-16-29)19-28(30)24-9-13-27(31-4)14-10-24/h7-14,19,21H,15-18,20H2,1-6H3. The highest BCUT2D eigenvalue weighted by atomic mass is 32.3. The number of benzene rings is 2. The summed E-state index contributed by atoms with van der Waals surface area (Å²) in [6.45, 7) is 10.3. The zero-order valence-electron chi connectivity index (χ0n) is 20.5. The van der Waals surface area contributed by atoms with Crippen molar-refractivity contribution in [2.45, 2.75) is 38.1 Å². The summed E-state index contributed by atoms with van der Waals surface area (Å²) >= 11 is 1.80. The van der Waals surface area contributed by atoms with E-state index < -0.39 is 0 Å². The quantitative estimate of drug-likeness (QED) is 0.356. The van der Waals surface area contributed by atoms with Gasteiger partial charge in [-0.15, -0.1) is 11.8 Å². The van der Waals surface area contributed by atoms with E-state index in [2.05, 4.69) is 104 Å². The number of nitrogens with zero attached hydrogens (tertiary/aromatic N) is 2. The van der Waals surface area contributed by atoms with Crippen LogP contribution in [0.15, 0.2) is 59.5 Å². The second kappa shape index (κ2) is 9.70. The topological polar surface area (TPSA) is 8.17 Å². The van der Waals surface area contributed by atoms with Gasteiger partial charge in [0.15, 0.2) is 0 Å². The van der Waals surface area contributed by atoms with E-state index in [1.165, 1.54) is 63.3 Å². The summed E-state index contributed by atoms with van der Waals surface area (Å²) in [7, 11) is -0.374. The molecule has 0 radical (unpaired) electrons. The monoisotopic (exact) mass is 466 g/mol. The molecule has 2 nitrogen and oxygen atoms in total. The van der Waals surface area contributed by atoms with Crippen molar-refractivity contribution in [2.75, 3.05) is 43.4 Å². The molecule has 0 N–H and O–H groups in total. The molecular formula is C28H38N2S2. The van der Waals surface area contributed by atoms with E-state index >= 15 is 0 Å². The lowest BCUT2D eigenvalue weighted by Gasteiger charge is -2.41. The van der Waals surface area contributed by atoms with Gasteiger partial charge in [-0.2, -0.15) is 0 Å². The minimum atomic E-state index is -0.374. The van der Waals surface area contributed by atoms with Gasteiger partial charge in [-0.1, -0.05) is 38.1 Å². The molecule has 2 aromatic carbocycles. The number of thioether (sulfide) groups is 1. The van der Waals surface area contributed by atoms with Crippen LogP contribution in [0, 0.1) is 6.92 Å². The third-order valence-corrected chi connectivity index (χ3v) is 10.2. The predicted molar refractivity (Wildman–Crippen MR) is 146 cm³/mol. The summed E-state index contributed by atoms with van der Waals surface area (Å²) in [6, 6.07) is 20.6. The Kier molecular flexibility index (Phi) is 7.14. The van der Waals surface area contributed by atoms with E-state index in [1.807, 2.05) is 0 Å². The number of aromatic nitrogens is 1. The fourth-order valence-corrected chi connectivity index (χ4v) is 6.62. The fourth-order valence-electron chi connectivity index (χ4n) is 4.50. The maximum atomic E-state index is 2.66. The van der Waals surface area contributed by atoms with Gasteiger partial charge in [-0.25, -0.2) is 10.0 Å². The summed E-state index contributed by atoms with van der Waals surface area (Å²) in [5.74, 6) is 3.29. The molecule has 0 unspecified atom stereocenters. The van der Waals surface area contributed by atoms with E-state index in [9.17, 15) is 0 Å². The Morgan fingerprint density at radius 2 is 1.56 bits per heavy atom. The zero-order chi connectivity index (χ0) is 22.9. The summed E-state index contributed by atoms with van der Waals surface area (Å²) in [5.41, 5.74) is 8.05. The maximum absolute atomic E-state index is 2.66. The van der Waals surface area contributed by atoms with Crippen molar-refractivity contribution in [3.8, 4) is 16.9 Å². The van der Waals surface area contributed by atoms with Crippen molar-refractivity contribution in [1.29, 1.82) is 0 Å². The first-order valence-corrected chi connectivity index (χ1v) is 15.7. The normalized spacial score (nSPS) is 17.6. The van der Waals surface area contributed by atoms with Crippen LogP contribution in [0.3, 0.4) is 0 Å². The zero-order valence-corrected chi connectivity index (χ0v) is 22.2. The molecule has 0 atom stereocenters. The molecule has 172 valence electrons. The molecule has 4 rings (SSSR count). The molecule has 1 saturated heterocycles. The Hall–Kier alpha value is -1.62. The van der Waals surface area contributed by atoms with Gasteiger partial charge in [0.25, 0.3) is 0 Å². The average molecular weight is 467 g/mol. The molecule has 1 fully saturated rings. The molecule has 0 amide bonds. The minimum absolute atomic E-state index is 0.374. The first-order valence-electron chi connectivity index (χ1n) is 11.6. The molecule has 2 heterocycles. The van der Waals surface area contributed by atoms with Crippen LogP contribution in [-0.4, -0.2) is 52.8 Å². The first kappa shape index (κ1) is 23.5. The molecular weight excluding hydrogens is 428 g/mol. The average Bonchev–Trinajstić information content (AvgIpc) is 3.11. The summed E-state index contributed by atoms with van der Waals surface area (Å²) in [6.07, 6.45) is 7.12. The van der Waals surface area contributed by atoms with E-state index in [0.29, 0.717) is 5.92 Å². The van der Waals surface area contributed by atoms with E-state index in [1.54, 1.807) is 11.8 Å². The highest BCUT2D eigenvalue weighted by Crippen LogP contribution is 2.42. The largest absolute Gasteiger partial charge is 0.314 e. The van der Waals surface area contributed by atoms with Crippen LogP contribution in [0.1, 0.15) is 36.6 Å². The van der Waals surface area contributed by atoms with Crippen molar-refractivity contribution in [3.63, 3.8) is 0 Å². The van der Waals surface area contributed by atoms with E-state index in [-0.39, 0.29) is 10.0 Å². The lowest BCUT2D eigenvalue weighted by atomic mass is 10.0. The van der Waals surface area contributed by atoms with Crippen LogP contribution in [0.25, 0.3) is 16.9 Å². The van der Waals surface area contributed by atoms with Crippen LogP contribution in [-0.2, 0) is 6.54 Å². The maximum Gasteiger partial charge on any atom is 0.0534 e. The molecule has 0 aliphatic carbocycles. The van der Waals surface area contributed by atoms with Gasteiger partial charge in [-0.3, -0.25) is 4.90 Å². The Morgan fingerprint density at radius 1 is 0.938 bits per heavy atom. The molecule has 3 aromatic rings. The minimum Gasteiger partial charge on any atom is -0.314 e. The van der Waals surface area contributed by atoms with Gasteiger partial charge in [0.1, 0.15) is 0 Å². The number of hydrogen-bond donors (Lipinski definition) is 0. The molecule has 1 aliphatic heterocycles. The fraction of sp³-hybridized carbons (Fsp3) is 0.429. The van der Waals surface area contributed by atoms with Crippen LogP contribution in [0.4, 0.5) is 0 Å². The predicted octanol–water partition coefficient (Wildman–Crippen LogP) is 7.18. The van der Waals surface area contributed by atoms with E-state index in [4.69, 9.17) is 0 Å². The molecule has 0 saturated carbocycles. The number of hydrogen-bond acceptors (Lipinski definition) is 2. The van der Waals surface area contributed by atoms with Gasteiger partial charge in [0.05, 0.1) is 5.69 Å². The Labute approximate surface area is 200 Å². The van der Waals surface area contributed by atoms with Gasteiger partial charge in [0, 0.05) is 35.9 Å². The molecule has 4 heteroatoms. The molecule has 32 heavy (non-hydrogen) atoms. The van der Waals surface area contributed by atoms with Gasteiger partial charge < -0.3 is 4.57 Å². The third-order valence-electron chi connectivity index (χ3n) is 6.87. The van der Waals surface area contributed by atoms with Gasteiger partial charge >= 0.3 is 0 Å². The lowest BCUT2D eigenvalue weighted by molar-refractivity contribution is 0.292.